The van der Waals surface area contributed by atoms with E-state index in [0.717, 1.165) is 35.1 Å². The minimum absolute atomic E-state index is 0.0629. The second-order valence-electron chi connectivity index (χ2n) is 9.41. The third-order valence-electron chi connectivity index (χ3n) is 6.96. The molecule has 2 atom stereocenters. The van der Waals surface area contributed by atoms with E-state index in [1.54, 1.807) is 17.8 Å². The monoisotopic (exact) mass is 498 g/mol. The number of aryl methyl sites for hydroxylation is 1. The Labute approximate surface area is 212 Å². The number of rotatable bonds is 12. The Balaban J connectivity index is 1.85. The minimum Gasteiger partial charge on any atom is -0.480 e. The van der Waals surface area contributed by atoms with Crippen molar-refractivity contribution in [1.82, 2.24) is 10.6 Å². The SMILES string of the molecule is CSCC[C@H](NC(=O)c1ccc(CN[C@H](CO)C2CCCCC2)cc1-c1ccccc1C)C(=O)O. The lowest BCUT2D eigenvalue weighted by molar-refractivity contribution is -0.139. The van der Waals surface area contributed by atoms with Gasteiger partial charge in [0.1, 0.15) is 6.04 Å². The zero-order chi connectivity index (χ0) is 25.2. The number of amides is 1. The first-order valence-electron chi connectivity index (χ1n) is 12.5. The van der Waals surface area contributed by atoms with Crippen LogP contribution in [0.4, 0.5) is 0 Å². The number of nitrogens with one attached hydrogen (secondary N) is 2. The molecule has 0 radical (unpaired) electrons. The Hall–Kier alpha value is -2.35. The Morgan fingerprint density at radius 3 is 2.49 bits per heavy atom. The molecule has 0 saturated heterocycles. The van der Waals surface area contributed by atoms with Gasteiger partial charge in [-0.25, -0.2) is 4.79 Å². The van der Waals surface area contributed by atoms with Gasteiger partial charge in [0.2, 0.25) is 0 Å². The van der Waals surface area contributed by atoms with Crippen molar-refractivity contribution >= 4 is 23.6 Å². The quantitative estimate of drug-likeness (QED) is 0.341. The molecule has 3 rings (SSSR count). The van der Waals surface area contributed by atoms with Crippen LogP contribution in [0.1, 0.15) is 60.0 Å². The number of aliphatic hydroxyl groups is 1. The highest BCUT2D eigenvalue weighted by atomic mass is 32.2. The first-order valence-corrected chi connectivity index (χ1v) is 13.9. The molecular weight excluding hydrogens is 460 g/mol. The van der Waals surface area contributed by atoms with Crippen LogP contribution in [-0.4, -0.2) is 52.8 Å². The van der Waals surface area contributed by atoms with Crippen LogP contribution < -0.4 is 10.6 Å². The van der Waals surface area contributed by atoms with Crippen molar-refractivity contribution in [3.05, 3.63) is 59.2 Å². The van der Waals surface area contributed by atoms with Gasteiger partial charge in [-0.1, -0.05) is 49.6 Å². The van der Waals surface area contributed by atoms with Gasteiger partial charge in [0.05, 0.1) is 6.61 Å². The van der Waals surface area contributed by atoms with Crippen molar-refractivity contribution < 1.29 is 19.8 Å². The third-order valence-corrected chi connectivity index (χ3v) is 7.61. The van der Waals surface area contributed by atoms with E-state index in [1.165, 1.54) is 19.3 Å². The smallest absolute Gasteiger partial charge is 0.326 e. The van der Waals surface area contributed by atoms with Crippen LogP contribution in [0.5, 0.6) is 0 Å². The van der Waals surface area contributed by atoms with E-state index in [4.69, 9.17) is 0 Å². The molecule has 35 heavy (non-hydrogen) atoms. The molecule has 0 bridgehead atoms. The van der Waals surface area contributed by atoms with Crippen molar-refractivity contribution in [3.63, 3.8) is 0 Å². The fraction of sp³-hybridized carbons (Fsp3) is 0.500. The summed E-state index contributed by atoms with van der Waals surface area (Å²) in [6.07, 6.45) is 8.29. The number of carboxylic acids is 1. The number of benzene rings is 2. The highest BCUT2D eigenvalue weighted by Crippen LogP contribution is 2.29. The Bertz CT molecular complexity index is 991. The maximum Gasteiger partial charge on any atom is 0.326 e. The average Bonchev–Trinajstić information content (AvgIpc) is 2.87. The summed E-state index contributed by atoms with van der Waals surface area (Å²) >= 11 is 1.55. The van der Waals surface area contributed by atoms with Crippen LogP contribution in [0.3, 0.4) is 0 Å². The van der Waals surface area contributed by atoms with Crippen LogP contribution in [0.25, 0.3) is 11.1 Å². The molecule has 0 aromatic heterocycles. The van der Waals surface area contributed by atoms with E-state index in [0.29, 0.717) is 30.2 Å². The molecule has 1 fully saturated rings. The molecule has 7 heteroatoms. The summed E-state index contributed by atoms with van der Waals surface area (Å²) < 4.78 is 0. The molecule has 4 N–H and O–H groups in total. The summed E-state index contributed by atoms with van der Waals surface area (Å²) in [5, 5.41) is 25.8. The highest BCUT2D eigenvalue weighted by Gasteiger charge is 2.24. The standard InChI is InChI=1S/C28H38N2O4S/c1-19-8-6-7-11-22(19)24-16-20(17-29-26(18-31)21-9-4-3-5-10-21)12-13-23(24)27(32)30-25(28(33)34)14-15-35-2/h6-8,11-13,16,21,25-26,29,31H,3-5,9-10,14-15,17-18H2,1-2H3,(H,30,32)(H,33,34)/t25-,26+/m0/s1. The van der Waals surface area contributed by atoms with Crippen LogP contribution in [0.2, 0.25) is 0 Å². The van der Waals surface area contributed by atoms with Gasteiger partial charge in [-0.15, -0.1) is 0 Å². The van der Waals surface area contributed by atoms with Gasteiger partial charge in [-0.2, -0.15) is 11.8 Å². The van der Waals surface area contributed by atoms with Gasteiger partial charge in [0, 0.05) is 18.2 Å². The van der Waals surface area contributed by atoms with E-state index in [-0.39, 0.29) is 18.6 Å². The molecule has 0 unspecified atom stereocenters. The van der Waals surface area contributed by atoms with Gasteiger partial charge < -0.3 is 20.8 Å². The number of aliphatic hydroxyl groups excluding tert-OH is 1. The zero-order valence-electron chi connectivity index (χ0n) is 20.8. The van der Waals surface area contributed by atoms with Crippen molar-refractivity contribution in [2.75, 3.05) is 18.6 Å². The van der Waals surface area contributed by atoms with Crippen molar-refractivity contribution in [1.29, 1.82) is 0 Å². The first kappa shape index (κ1) is 27.2. The number of thioether (sulfide) groups is 1. The molecule has 1 aliphatic carbocycles. The summed E-state index contributed by atoms with van der Waals surface area (Å²) in [7, 11) is 0. The first-order chi connectivity index (χ1) is 16.9. The summed E-state index contributed by atoms with van der Waals surface area (Å²) in [6.45, 7) is 2.71. The van der Waals surface area contributed by atoms with Gasteiger partial charge >= 0.3 is 5.97 Å². The molecule has 0 spiro atoms. The molecule has 6 nitrogen and oxygen atoms in total. The normalized spacial score (nSPS) is 16.0. The zero-order valence-corrected chi connectivity index (χ0v) is 21.6. The van der Waals surface area contributed by atoms with Gasteiger partial charge in [-0.05, 0) is 78.5 Å². The third kappa shape index (κ3) is 7.56. The number of carbonyl (C=O) groups excluding carboxylic acids is 1. The number of aliphatic carboxylic acids is 1. The number of hydrogen-bond donors (Lipinski definition) is 4. The Morgan fingerprint density at radius 1 is 1.09 bits per heavy atom. The number of carboxylic acid groups (broad SMARTS) is 1. The van der Waals surface area contributed by atoms with Crippen LogP contribution in [0, 0.1) is 12.8 Å². The fourth-order valence-electron chi connectivity index (χ4n) is 4.89. The summed E-state index contributed by atoms with van der Waals surface area (Å²) in [6, 6.07) is 12.7. The molecule has 1 amide bonds. The molecule has 0 heterocycles. The van der Waals surface area contributed by atoms with E-state index in [1.807, 2.05) is 49.6 Å². The maximum atomic E-state index is 13.2. The van der Waals surface area contributed by atoms with Crippen LogP contribution >= 0.6 is 11.8 Å². The molecule has 1 aliphatic rings. The van der Waals surface area contributed by atoms with E-state index < -0.39 is 12.0 Å². The molecule has 2 aromatic rings. The Morgan fingerprint density at radius 2 is 1.83 bits per heavy atom. The largest absolute Gasteiger partial charge is 0.480 e. The van der Waals surface area contributed by atoms with Crippen molar-refractivity contribution in [3.8, 4) is 11.1 Å². The number of carbonyl (C=O) groups is 2. The highest BCUT2D eigenvalue weighted by molar-refractivity contribution is 7.98. The second kappa shape index (κ2) is 13.7. The number of hydrogen-bond acceptors (Lipinski definition) is 5. The fourth-order valence-corrected chi connectivity index (χ4v) is 5.36. The molecule has 1 saturated carbocycles. The average molecular weight is 499 g/mol. The lowest BCUT2D eigenvalue weighted by Gasteiger charge is -2.30. The van der Waals surface area contributed by atoms with Crippen molar-refractivity contribution in [2.45, 2.75) is 64.1 Å². The van der Waals surface area contributed by atoms with Gasteiger partial charge in [0.15, 0.2) is 0 Å². The summed E-state index contributed by atoms with van der Waals surface area (Å²) in [4.78, 5) is 24.9. The van der Waals surface area contributed by atoms with Gasteiger partial charge in [-0.3, -0.25) is 4.79 Å². The van der Waals surface area contributed by atoms with E-state index in [9.17, 15) is 19.8 Å². The maximum absolute atomic E-state index is 13.2. The van der Waals surface area contributed by atoms with Gasteiger partial charge in [0.25, 0.3) is 5.91 Å². The molecular formula is C28H38N2O4S. The lowest BCUT2D eigenvalue weighted by Crippen LogP contribution is -2.41. The van der Waals surface area contributed by atoms with E-state index in [2.05, 4.69) is 10.6 Å². The van der Waals surface area contributed by atoms with E-state index >= 15 is 0 Å². The second-order valence-corrected chi connectivity index (χ2v) is 10.4. The predicted molar refractivity (Wildman–Crippen MR) is 143 cm³/mol. The van der Waals surface area contributed by atoms with Crippen LogP contribution in [0.15, 0.2) is 42.5 Å². The molecule has 2 aromatic carbocycles. The summed E-state index contributed by atoms with van der Waals surface area (Å²) in [5.41, 5.74) is 4.25. The Kier molecular flexibility index (Phi) is 10.6. The predicted octanol–water partition coefficient (Wildman–Crippen LogP) is 4.63. The molecule has 190 valence electrons. The minimum atomic E-state index is -1.02. The lowest BCUT2D eigenvalue weighted by atomic mass is 9.84. The van der Waals surface area contributed by atoms with Crippen LogP contribution in [-0.2, 0) is 11.3 Å². The molecule has 0 aliphatic heterocycles. The van der Waals surface area contributed by atoms with Crippen molar-refractivity contribution in [2.24, 2.45) is 5.92 Å². The topological polar surface area (TPSA) is 98.7 Å². The summed E-state index contributed by atoms with van der Waals surface area (Å²) in [5.74, 6) is -0.265.